The molecule has 0 bridgehead atoms. The van der Waals surface area contributed by atoms with Gasteiger partial charge in [0.25, 0.3) is 5.91 Å². The molecule has 0 radical (unpaired) electrons. The zero-order valence-corrected chi connectivity index (χ0v) is 15.2. The summed E-state index contributed by atoms with van der Waals surface area (Å²) in [7, 11) is 1.94. The van der Waals surface area contributed by atoms with E-state index in [4.69, 9.17) is 27.9 Å². The molecule has 0 aliphatic carbocycles. The standard InChI is InChI=1S/C18H20Cl2N2O2/c1-13-6-3-4-9-16(13)24-11-10-22(2)12-17(23)21-18-14(19)7-5-8-15(18)20/h3-9H,10-12H2,1-2H3,(H,21,23)/p+1. The Morgan fingerprint density at radius 2 is 1.79 bits per heavy atom. The molecule has 2 rings (SSSR count). The quantitative estimate of drug-likeness (QED) is 0.789. The largest absolute Gasteiger partial charge is 0.487 e. The van der Waals surface area contributed by atoms with Crippen LogP contribution >= 0.6 is 23.2 Å². The second-order valence-electron chi connectivity index (χ2n) is 5.64. The van der Waals surface area contributed by atoms with Gasteiger partial charge in [0.15, 0.2) is 6.54 Å². The first-order chi connectivity index (χ1) is 11.5. The summed E-state index contributed by atoms with van der Waals surface area (Å²) in [5.74, 6) is 0.732. The number of aryl methyl sites for hydroxylation is 1. The molecule has 0 fully saturated rings. The average Bonchev–Trinajstić information content (AvgIpc) is 2.53. The summed E-state index contributed by atoms with van der Waals surface area (Å²) in [5.41, 5.74) is 1.55. The highest BCUT2D eigenvalue weighted by Gasteiger charge is 2.14. The highest BCUT2D eigenvalue weighted by Crippen LogP contribution is 2.29. The summed E-state index contributed by atoms with van der Waals surface area (Å²) in [6, 6.07) is 13.0. The lowest BCUT2D eigenvalue weighted by atomic mass is 10.2. The van der Waals surface area contributed by atoms with E-state index in [1.807, 2.05) is 38.2 Å². The molecule has 0 saturated carbocycles. The van der Waals surface area contributed by atoms with Gasteiger partial charge < -0.3 is 15.0 Å². The molecule has 6 heteroatoms. The summed E-state index contributed by atoms with van der Waals surface area (Å²) in [4.78, 5) is 13.2. The third-order valence-electron chi connectivity index (χ3n) is 3.57. The molecule has 2 aromatic carbocycles. The van der Waals surface area contributed by atoms with Gasteiger partial charge in [-0.25, -0.2) is 0 Å². The maximum atomic E-state index is 12.1. The van der Waals surface area contributed by atoms with E-state index in [-0.39, 0.29) is 5.91 Å². The number of hydrogen-bond donors (Lipinski definition) is 2. The van der Waals surface area contributed by atoms with Crippen LogP contribution in [0.4, 0.5) is 5.69 Å². The predicted octanol–water partition coefficient (Wildman–Crippen LogP) is 2.83. The SMILES string of the molecule is Cc1ccccc1OCC[NH+](C)CC(=O)Nc1c(Cl)cccc1Cl. The van der Waals surface area contributed by atoms with Crippen LogP contribution in [0.15, 0.2) is 42.5 Å². The maximum absolute atomic E-state index is 12.1. The average molecular weight is 368 g/mol. The predicted molar refractivity (Wildman–Crippen MR) is 98.4 cm³/mol. The van der Waals surface area contributed by atoms with Crippen molar-refractivity contribution in [3.63, 3.8) is 0 Å². The second kappa shape index (κ2) is 8.92. The summed E-state index contributed by atoms with van der Waals surface area (Å²) >= 11 is 12.1. The molecule has 0 aliphatic heterocycles. The Bertz CT molecular complexity index is 687. The van der Waals surface area contributed by atoms with Gasteiger partial charge in [0.05, 0.1) is 22.8 Å². The minimum atomic E-state index is -0.140. The number of ether oxygens (including phenoxy) is 1. The van der Waals surface area contributed by atoms with Crippen molar-refractivity contribution in [2.24, 2.45) is 0 Å². The Balaban J connectivity index is 1.79. The topological polar surface area (TPSA) is 42.8 Å². The molecule has 1 unspecified atom stereocenters. The van der Waals surface area contributed by atoms with E-state index in [0.29, 0.717) is 35.4 Å². The summed E-state index contributed by atoms with van der Waals surface area (Å²) in [6.45, 7) is 3.56. The minimum absolute atomic E-state index is 0.140. The molecule has 0 saturated heterocycles. The minimum Gasteiger partial charge on any atom is -0.487 e. The lowest BCUT2D eigenvalue weighted by Gasteiger charge is -2.15. The first-order valence-electron chi connectivity index (χ1n) is 7.71. The molecule has 0 aromatic heterocycles. The van der Waals surface area contributed by atoms with Crippen molar-refractivity contribution in [1.29, 1.82) is 0 Å². The zero-order valence-electron chi connectivity index (χ0n) is 13.7. The first kappa shape index (κ1) is 18.6. The van der Waals surface area contributed by atoms with Crippen LogP contribution < -0.4 is 15.0 Å². The summed E-state index contributed by atoms with van der Waals surface area (Å²) < 4.78 is 5.75. The zero-order chi connectivity index (χ0) is 17.5. The van der Waals surface area contributed by atoms with Crippen molar-refractivity contribution in [1.82, 2.24) is 0 Å². The number of hydrogen-bond acceptors (Lipinski definition) is 2. The van der Waals surface area contributed by atoms with Gasteiger partial charge in [-0.1, -0.05) is 47.5 Å². The monoisotopic (exact) mass is 367 g/mol. The molecule has 2 aromatic rings. The number of halogens is 2. The van der Waals surface area contributed by atoms with Gasteiger partial charge in [0, 0.05) is 0 Å². The Kier molecular flexibility index (Phi) is 6.91. The lowest BCUT2D eigenvalue weighted by Crippen LogP contribution is -3.10. The molecule has 0 spiro atoms. The van der Waals surface area contributed by atoms with Crippen molar-refractivity contribution >= 4 is 34.8 Å². The van der Waals surface area contributed by atoms with E-state index >= 15 is 0 Å². The fourth-order valence-corrected chi connectivity index (χ4v) is 2.71. The van der Waals surface area contributed by atoms with Crippen molar-refractivity contribution in [3.8, 4) is 5.75 Å². The van der Waals surface area contributed by atoms with E-state index in [1.54, 1.807) is 18.2 Å². The van der Waals surface area contributed by atoms with Gasteiger partial charge in [0.1, 0.15) is 18.9 Å². The maximum Gasteiger partial charge on any atom is 0.279 e. The molecular weight excluding hydrogens is 347 g/mol. The number of carbonyl (C=O) groups excluding carboxylic acids is 1. The molecule has 1 atom stereocenters. The Morgan fingerprint density at radius 1 is 1.12 bits per heavy atom. The number of likely N-dealkylation sites (N-methyl/N-ethyl adjacent to an activating group) is 1. The summed E-state index contributed by atoms with van der Waals surface area (Å²) in [6.07, 6.45) is 0. The fraction of sp³-hybridized carbons (Fsp3) is 0.278. The van der Waals surface area contributed by atoms with Gasteiger partial charge in [-0.3, -0.25) is 4.79 Å². The third-order valence-corrected chi connectivity index (χ3v) is 4.20. The smallest absolute Gasteiger partial charge is 0.279 e. The Labute approximate surface area is 152 Å². The highest BCUT2D eigenvalue weighted by atomic mass is 35.5. The lowest BCUT2D eigenvalue weighted by molar-refractivity contribution is -0.871. The van der Waals surface area contributed by atoms with E-state index in [9.17, 15) is 4.79 Å². The molecule has 128 valence electrons. The molecule has 2 N–H and O–H groups in total. The van der Waals surface area contributed by atoms with E-state index in [1.165, 1.54) is 0 Å². The van der Waals surface area contributed by atoms with Gasteiger partial charge >= 0.3 is 0 Å². The van der Waals surface area contributed by atoms with Crippen molar-refractivity contribution in [2.75, 3.05) is 32.1 Å². The van der Waals surface area contributed by atoms with Crippen molar-refractivity contribution < 1.29 is 14.4 Å². The van der Waals surface area contributed by atoms with E-state index in [2.05, 4.69) is 5.32 Å². The van der Waals surface area contributed by atoms with Crippen LogP contribution in [0, 0.1) is 6.92 Å². The van der Waals surface area contributed by atoms with E-state index < -0.39 is 0 Å². The van der Waals surface area contributed by atoms with Crippen LogP contribution in [0.1, 0.15) is 5.56 Å². The Hall–Kier alpha value is -1.75. The van der Waals surface area contributed by atoms with Gasteiger partial charge in [0.2, 0.25) is 0 Å². The molecular formula is C18H21Cl2N2O2+. The first-order valence-corrected chi connectivity index (χ1v) is 8.46. The van der Waals surface area contributed by atoms with Crippen LogP contribution in [-0.2, 0) is 4.79 Å². The van der Waals surface area contributed by atoms with Gasteiger partial charge in [-0.05, 0) is 30.7 Å². The molecule has 1 amide bonds. The van der Waals surface area contributed by atoms with Gasteiger partial charge in [-0.2, -0.15) is 0 Å². The second-order valence-corrected chi connectivity index (χ2v) is 6.46. The van der Waals surface area contributed by atoms with Crippen molar-refractivity contribution in [2.45, 2.75) is 6.92 Å². The fourth-order valence-electron chi connectivity index (χ4n) is 2.22. The van der Waals surface area contributed by atoms with Crippen LogP contribution in [0.2, 0.25) is 10.0 Å². The number of quaternary nitrogens is 1. The summed E-state index contributed by atoms with van der Waals surface area (Å²) in [5, 5.41) is 3.62. The number of amides is 1. The van der Waals surface area contributed by atoms with Crippen LogP contribution in [0.3, 0.4) is 0 Å². The molecule has 4 nitrogen and oxygen atoms in total. The number of benzene rings is 2. The molecule has 0 heterocycles. The van der Waals surface area contributed by atoms with Crippen LogP contribution in [0.25, 0.3) is 0 Å². The molecule has 24 heavy (non-hydrogen) atoms. The van der Waals surface area contributed by atoms with Crippen LogP contribution in [0.5, 0.6) is 5.75 Å². The molecule has 0 aliphatic rings. The van der Waals surface area contributed by atoms with Gasteiger partial charge in [-0.15, -0.1) is 0 Å². The number of para-hydroxylation sites is 2. The van der Waals surface area contributed by atoms with Crippen molar-refractivity contribution in [3.05, 3.63) is 58.1 Å². The third kappa shape index (κ3) is 5.41. The van der Waals surface area contributed by atoms with Crippen LogP contribution in [-0.4, -0.2) is 32.7 Å². The van der Waals surface area contributed by atoms with E-state index in [0.717, 1.165) is 16.2 Å². The number of anilines is 1. The highest BCUT2D eigenvalue weighted by molar-refractivity contribution is 6.39. The number of carbonyl (C=O) groups is 1. The number of rotatable bonds is 7. The number of nitrogens with one attached hydrogen (secondary N) is 2. The Morgan fingerprint density at radius 3 is 2.46 bits per heavy atom. The normalized spacial score (nSPS) is 11.8.